The molecule has 1 heterocycles. The van der Waals surface area contributed by atoms with Gasteiger partial charge >= 0.3 is 0 Å². The Morgan fingerprint density at radius 2 is 2.29 bits per heavy atom. The Balaban J connectivity index is 2.17. The lowest BCUT2D eigenvalue weighted by molar-refractivity contribution is 0.716. The van der Waals surface area contributed by atoms with Crippen LogP contribution >= 0.6 is 27.5 Å². The molecule has 0 saturated carbocycles. The minimum Gasteiger partial charge on any atom is -0.324 e. The SMILES string of the molecule is Cn1cc(CC(N)c2ccc(Cl)cc2Br)cn1. The van der Waals surface area contributed by atoms with Crippen LogP contribution in [0.5, 0.6) is 0 Å². The number of nitrogens with two attached hydrogens (primary N) is 1. The minimum atomic E-state index is -0.0640. The standard InChI is InChI=1S/C12H13BrClN3/c1-17-7-8(6-16-17)4-12(15)10-3-2-9(14)5-11(10)13/h2-3,5-7,12H,4,15H2,1H3. The Morgan fingerprint density at radius 3 is 2.88 bits per heavy atom. The summed E-state index contributed by atoms with van der Waals surface area (Å²) in [5, 5.41) is 4.83. The Morgan fingerprint density at radius 1 is 1.53 bits per heavy atom. The van der Waals surface area contributed by atoms with Gasteiger partial charge in [0.25, 0.3) is 0 Å². The van der Waals surface area contributed by atoms with Gasteiger partial charge in [0, 0.05) is 28.8 Å². The van der Waals surface area contributed by atoms with Crippen LogP contribution in [0, 0.1) is 0 Å². The molecule has 0 aliphatic carbocycles. The Kier molecular flexibility index (Phi) is 3.86. The van der Waals surface area contributed by atoms with Crippen molar-refractivity contribution in [3.8, 4) is 0 Å². The quantitative estimate of drug-likeness (QED) is 0.946. The van der Waals surface area contributed by atoms with Crippen LogP contribution in [-0.4, -0.2) is 9.78 Å². The maximum atomic E-state index is 6.18. The highest BCUT2D eigenvalue weighted by Gasteiger charge is 2.11. The molecule has 0 spiro atoms. The fourth-order valence-electron chi connectivity index (χ4n) is 1.74. The first-order valence-corrected chi connectivity index (χ1v) is 6.41. The molecular weight excluding hydrogens is 302 g/mol. The van der Waals surface area contributed by atoms with E-state index in [0.29, 0.717) is 5.02 Å². The van der Waals surface area contributed by atoms with Crippen LogP contribution in [0.4, 0.5) is 0 Å². The van der Waals surface area contributed by atoms with Crippen LogP contribution in [0.2, 0.25) is 5.02 Å². The van der Waals surface area contributed by atoms with Crippen LogP contribution in [-0.2, 0) is 13.5 Å². The van der Waals surface area contributed by atoms with Crippen molar-refractivity contribution in [3.63, 3.8) is 0 Å². The van der Waals surface area contributed by atoms with Gasteiger partial charge in [-0.05, 0) is 29.7 Å². The summed E-state index contributed by atoms with van der Waals surface area (Å²) in [6.45, 7) is 0. The van der Waals surface area contributed by atoms with Gasteiger partial charge in [0.2, 0.25) is 0 Å². The molecule has 0 aliphatic heterocycles. The molecule has 0 aliphatic rings. The van der Waals surface area contributed by atoms with Gasteiger partial charge in [-0.2, -0.15) is 5.10 Å². The average Bonchev–Trinajstić information content (AvgIpc) is 2.63. The topological polar surface area (TPSA) is 43.8 Å². The summed E-state index contributed by atoms with van der Waals surface area (Å²) >= 11 is 9.38. The normalized spacial score (nSPS) is 12.7. The van der Waals surface area contributed by atoms with Crippen LogP contribution in [0.3, 0.4) is 0 Å². The van der Waals surface area contributed by atoms with Crippen molar-refractivity contribution >= 4 is 27.5 Å². The lowest BCUT2D eigenvalue weighted by atomic mass is 10.0. The molecule has 3 nitrogen and oxygen atoms in total. The van der Waals surface area contributed by atoms with E-state index in [9.17, 15) is 0 Å². The molecule has 0 fully saturated rings. The Labute approximate surface area is 114 Å². The summed E-state index contributed by atoms with van der Waals surface area (Å²) in [6, 6.07) is 5.60. The summed E-state index contributed by atoms with van der Waals surface area (Å²) in [5.41, 5.74) is 8.36. The van der Waals surface area contributed by atoms with Crippen molar-refractivity contribution in [3.05, 3.63) is 51.2 Å². The van der Waals surface area contributed by atoms with Gasteiger partial charge in [-0.1, -0.05) is 33.6 Å². The van der Waals surface area contributed by atoms with E-state index in [0.717, 1.165) is 22.0 Å². The molecular formula is C12H13BrClN3. The van der Waals surface area contributed by atoms with Crippen molar-refractivity contribution in [2.45, 2.75) is 12.5 Å². The molecule has 1 aromatic carbocycles. The van der Waals surface area contributed by atoms with E-state index >= 15 is 0 Å². The number of rotatable bonds is 3. The second kappa shape index (κ2) is 5.21. The van der Waals surface area contributed by atoms with Crippen LogP contribution in [0.25, 0.3) is 0 Å². The molecule has 0 saturated heterocycles. The van der Waals surface area contributed by atoms with Gasteiger partial charge in [0.15, 0.2) is 0 Å². The molecule has 90 valence electrons. The van der Waals surface area contributed by atoms with Crippen LogP contribution in [0.15, 0.2) is 35.1 Å². The van der Waals surface area contributed by atoms with Crippen LogP contribution in [0.1, 0.15) is 17.2 Å². The second-order valence-electron chi connectivity index (χ2n) is 4.00. The van der Waals surface area contributed by atoms with Gasteiger partial charge in [0.1, 0.15) is 0 Å². The Bertz CT molecular complexity index is 524. The fourth-order valence-corrected chi connectivity index (χ4v) is 2.72. The maximum Gasteiger partial charge on any atom is 0.0522 e. The highest BCUT2D eigenvalue weighted by Crippen LogP contribution is 2.27. The largest absolute Gasteiger partial charge is 0.324 e. The first-order chi connectivity index (χ1) is 8.06. The highest BCUT2D eigenvalue weighted by molar-refractivity contribution is 9.10. The molecule has 17 heavy (non-hydrogen) atoms. The number of benzene rings is 1. The smallest absolute Gasteiger partial charge is 0.0522 e. The minimum absolute atomic E-state index is 0.0640. The summed E-state index contributed by atoms with van der Waals surface area (Å²) in [7, 11) is 1.90. The van der Waals surface area contributed by atoms with E-state index in [1.807, 2.05) is 37.6 Å². The predicted molar refractivity (Wildman–Crippen MR) is 73.0 cm³/mol. The molecule has 1 atom stereocenters. The van der Waals surface area contributed by atoms with E-state index in [4.69, 9.17) is 17.3 Å². The lowest BCUT2D eigenvalue weighted by Gasteiger charge is -2.13. The number of nitrogens with zero attached hydrogens (tertiary/aromatic N) is 2. The molecule has 0 radical (unpaired) electrons. The first-order valence-electron chi connectivity index (χ1n) is 5.24. The highest BCUT2D eigenvalue weighted by atomic mass is 79.9. The first kappa shape index (κ1) is 12.6. The Hall–Kier alpha value is -0.840. The van der Waals surface area contributed by atoms with Gasteiger partial charge < -0.3 is 5.73 Å². The third-order valence-electron chi connectivity index (χ3n) is 2.58. The summed E-state index contributed by atoms with van der Waals surface area (Å²) in [6.07, 6.45) is 4.57. The molecule has 1 aromatic heterocycles. The molecule has 2 N–H and O–H groups in total. The molecule has 0 amide bonds. The van der Waals surface area contributed by atoms with E-state index in [1.165, 1.54) is 0 Å². The van der Waals surface area contributed by atoms with E-state index in [-0.39, 0.29) is 6.04 Å². The number of aryl methyl sites for hydroxylation is 1. The summed E-state index contributed by atoms with van der Waals surface area (Å²) in [5.74, 6) is 0. The monoisotopic (exact) mass is 313 g/mol. The van der Waals surface area contributed by atoms with Crippen molar-refractivity contribution in [2.24, 2.45) is 12.8 Å². The van der Waals surface area contributed by atoms with Gasteiger partial charge in [-0.3, -0.25) is 4.68 Å². The summed E-state index contributed by atoms with van der Waals surface area (Å²) < 4.78 is 2.72. The number of hydrogen-bond acceptors (Lipinski definition) is 2. The lowest BCUT2D eigenvalue weighted by Crippen LogP contribution is -2.13. The summed E-state index contributed by atoms with van der Waals surface area (Å²) in [4.78, 5) is 0. The van der Waals surface area contributed by atoms with Crippen molar-refractivity contribution in [1.82, 2.24) is 9.78 Å². The van der Waals surface area contributed by atoms with Crippen LogP contribution < -0.4 is 5.73 Å². The average molecular weight is 315 g/mol. The van der Waals surface area contributed by atoms with Crippen molar-refractivity contribution in [1.29, 1.82) is 0 Å². The van der Waals surface area contributed by atoms with E-state index in [2.05, 4.69) is 21.0 Å². The number of halogens is 2. The van der Waals surface area contributed by atoms with Gasteiger partial charge in [-0.25, -0.2) is 0 Å². The van der Waals surface area contributed by atoms with E-state index < -0.39 is 0 Å². The third-order valence-corrected chi connectivity index (χ3v) is 3.50. The molecule has 2 rings (SSSR count). The van der Waals surface area contributed by atoms with Crippen molar-refractivity contribution in [2.75, 3.05) is 0 Å². The zero-order valence-corrected chi connectivity index (χ0v) is 11.7. The number of aromatic nitrogens is 2. The van der Waals surface area contributed by atoms with Gasteiger partial charge in [0.05, 0.1) is 6.20 Å². The predicted octanol–water partition coefficient (Wildman–Crippen LogP) is 3.08. The fraction of sp³-hybridized carbons (Fsp3) is 0.250. The van der Waals surface area contributed by atoms with E-state index in [1.54, 1.807) is 4.68 Å². The molecule has 0 bridgehead atoms. The second-order valence-corrected chi connectivity index (χ2v) is 5.29. The third kappa shape index (κ3) is 3.09. The maximum absolute atomic E-state index is 6.18. The molecule has 1 unspecified atom stereocenters. The molecule has 5 heteroatoms. The zero-order chi connectivity index (χ0) is 12.4. The molecule has 2 aromatic rings. The zero-order valence-electron chi connectivity index (χ0n) is 9.40. The van der Waals surface area contributed by atoms with Gasteiger partial charge in [-0.15, -0.1) is 0 Å². The number of hydrogen-bond donors (Lipinski definition) is 1. The van der Waals surface area contributed by atoms with Crippen molar-refractivity contribution < 1.29 is 0 Å².